The molecule has 0 atom stereocenters. The second-order valence-electron chi connectivity index (χ2n) is 6.01. The zero-order valence-corrected chi connectivity index (χ0v) is 13.1. The zero-order valence-electron chi connectivity index (χ0n) is 12.1. The molecule has 0 unspecified atom stereocenters. The fraction of sp³-hybridized carbons (Fsp3) is 0.500. The minimum atomic E-state index is -1.39. The minimum Gasteiger partial charge on any atom is -0.0776 e. The number of hydrogen-bond donors (Lipinski definition) is 0. The van der Waals surface area contributed by atoms with Gasteiger partial charge in [0.15, 0.2) is 0 Å². The first-order valence-electron chi connectivity index (χ1n) is 6.60. The van der Waals surface area contributed by atoms with Crippen LogP contribution in [0.4, 0.5) is 0 Å². The molecule has 0 aromatic rings. The molecule has 0 N–H and O–H groups in total. The van der Waals surface area contributed by atoms with Gasteiger partial charge in [-0.25, -0.2) is 0 Å². The molecule has 92 valence electrons. The Hall–Kier alpha value is -0.823. The summed E-state index contributed by atoms with van der Waals surface area (Å²) in [7, 11) is -1.39. The molecule has 0 amide bonds. The van der Waals surface area contributed by atoms with Gasteiger partial charge in [0.25, 0.3) is 0 Å². The highest BCUT2D eigenvalue weighted by Gasteiger charge is 2.35. The Morgan fingerprint density at radius 1 is 0.765 bits per heavy atom. The molecule has 0 aliphatic heterocycles. The van der Waals surface area contributed by atoms with E-state index in [1.807, 2.05) is 0 Å². The molecule has 0 radical (unpaired) electrons. The summed E-state index contributed by atoms with van der Waals surface area (Å²) in [5, 5.41) is 3.51. The van der Waals surface area contributed by atoms with Gasteiger partial charge < -0.3 is 0 Å². The average Bonchev–Trinajstić information content (AvgIpc) is 2.75. The molecule has 0 fully saturated rings. The number of rotatable bonds is 2. The van der Waals surface area contributed by atoms with E-state index in [9.17, 15) is 0 Å². The Kier molecular flexibility index (Phi) is 3.07. The van der Waals surface area contributed by atoms with Crippen molar-refractivity contribution in [2.75, 3.05) is 0 Å². The van der Waals surface area contributed by atoms with Crippen LogP contribution in [0.25, 0.3) is 0 Å². The van der Waals surface area contributed by atoms with E-state index >= 15 is 0 Å². The van der Waals surface area contributed by atoms with Crippen molar-refractivity contribution in [1.82, 2.24) is 0 Å². The van der Waals surface area contributed by atoms with E-state index < -0.39 is 8.07 Å². The predicted molar refractivity (Wildman–Crippen MR) is 79.6 cm³/mol. The lowest BCUT2D eigenvalue weighted by molar-refractivity contribution is 1.26. The third-order valence-electron chi connectivity index (χ3n) is 4.82. The third-order valence-corrected chi connectivity index (χ3v) is 9.00. The van der Waals surface area contributed by atoms with Crippen molar-refractivity contribution in [3.63, 3.8) is 0 Å². The van der Waals surface area contributed by atoms with Gasteiger partial charge in [-0.05, 0) is 40.5 Å². The molecule has 0 nitrogen and oxygen atoms in total. The van der Waals surface area contributed by atoms with Crippen molar-refractivity contribution < 1.29 is 0 Å². The normalized spacial score (nSPS) is 21.3. The van der Waals surface area contributed by atoms with E-state index in [2.05, 4.69) is 52.9 Å². The Morgan fingerprint density at radius 2 is 1.12 bits per heavy atom. The Bertz CT molecular complexity index is 438. The minimum absolute atomic E-state index is 1.20. The summed E-state index contributed by atoms with van der Waals surface area (Å²) in [6.45, 7) is 14.2. The fourth-order valence-electron chi connectivity index (χ4n) is 3.23. The van der Waals surface area contributed by atoms with Gasteiger partial charge in [-0.15, -0.1) is 0 Å². The van der Waals surface area contributed by atoms with Crippen molar-refractivity contribution in [3.8, 4) is 0 Å². The largest absolute Gasteiger partial charge is 0.104 e. The van der Waals surface area contributed by atoms with Crippen molar-refractivity contribution in [1.29, 1.82) is 0 Å². The molecular formula is C16H24Si. The summed E-state index contributed by atoms with van der Waals surface area (Å²) < 4.78 is 0. The van der Waals surface area contributed by atoms with Crippen molar-refractivity contribution in [3.05, 3.63) is 44.8 Å². The smallest absolute Gasteiger partial charge is 0.0776 e. The summed E-state index contributed by atoms with van der Waals surface area (Å²) >= 11 is 0. The molecule has 2 aliphatic rings. The van der Waals surface area contributed by atoms with Crippen molar-refractivity contribution in [2.24, 2.45) is 0 Å². The van der Waals surface area contributed by atoms with E-state index in [0.717, 1.165) is 0 Å². The lowest BCUT2D eigenvalue weighted by Gasteiger charge is -2.29. The quantitative estimate of drug-likeness (QED) is 0.592. The van der Waals surface area contributed by atoms with Gasteiger partial charge in [0.05, 0.1) is 0 Å². The molecule has 1 heteroatoms. The summed E-state index contributed by atoms with van der Waals surface area (Å²) in [5.41, 5.74) is 6.15. The zero-order chi connectivity index (χ0) is 12.8. The van der Waals surface area contributed by atoms with Gasteiger partial charge in [0, 0.05) is 0 Å². The molecular weight excluding hydrogens is 220 g/mol. The fourth-order valence-corrected chi connectivity index (χ4v) is 7.09. The van der Waals surface area contributed by atoms with Crippen LogP contribution in [-0.4, -0.2) is 8.07 Å². The number of allylic oxidation sites excluding steroid dienone is 8. The molecule has 0 saturated carbocycles. The lowest BCUT2D eigenvalue weighted by atomic mass is 10.2. The predicted octanol–water partition coefficient (Wildman–Crippen LogP) is 5.11. The molecule has 2 aliphatic carbocycles. The maximum Gasteiger partial charge on any atom is 0.104 e. The van der Waals surface area contributed by atoms with Gasteiger partial charge in [0.1, 0.15) is 8.07 Å². The molecule has 17 heavy (non-hydrogen) atoms. The molecule has 0 spiro atoms. The van der Waals surface area contributed by atoms with Crippen LogP contribution in [0.2, 0.25) is 13.1 Å². The maximum atomic E-state index is 2.53. The Balaban J connectivity index is 2.41. The molecule has 0 heterocycles. The maximum absolute atomic E-state index is 2.53. The van der Waals surface area contributed by atoms with Crippen LogP contribution in [0.1, 0.15) is 40.5 Å². The van der Waals surface area contributed by atoms with Crippen LogP contribution >= 0.6 is 0 Å². The van der Waals surface area contributed by atoms with Crippen LogP contribution in [0.15, 0.2) is 44.8 Å². The van der Waals surface area contributed by atoms with Crippen LogP contribution in [-0.2, 0) is 0 Å². The van der Waals surface area contributed by atoms with E-state index in [4.69, 9.17) is 0 Å². The van der Waals surface area contributed by atoms with Crippen LogP contribution in [0.5, 0.6) is 0 Å². The first kappa shape index (κ1) is 12.6. The molecule has 0 aromatic carbocycles. The number of hydrogen-bond acceptors (Lipinski definition) is 0. The van der Waals surface area contributed by atoms with Crippen LogP contribution in [0.3, 0.4) is 0 Å². The summed E-state index contributed by atoms with van der Waals surface area (Å²) in [6.07, 6.45) is 7.22. The van der Waals surface area contributed by atoms with Gasteiger partial charge >= 0.3 is 0 Å². The standard InChI is InChI=1S/C16H24Si/c1-11-7-9-15(13(11)3)17(5,6)16-10-8-12(2)14(16)4/h7-8H,9-10H2,1-6H3. The SMILES string of the molecule is CC1=CCC([Si](C)(C)C2=C(C)C(C)=CC2)=C1C. The third kappa shape index (κ3) is 1.91. The second kappa shape index (κ2) is 4.13. The van der Waals surface area contributed by atoms with E-state index in [1.54, 1.807) is 21.5 Å². The Labute approximate surface area is 107 Å². The van der Waals surface area contributed by atoms with Gasteiger partial charge in [0.2, 0.25) is 0 Å². The highest BCUT2D eigenvalue weighted by atomic mass is 28.3. The van der Waals surface area contributed by atoms with Crippen LogP contribution < -0.4 is 0 Å². The molecule has 0 aromatic heterocycles. The van der Waals surface area contributed by atoms with Gasteiger partial charge in [-0.1, -0.05) is 57.9 Å². The van der Waals surface area contributed by atoms with Gasteiger partial charge in [-0.3, -0.25) is 0 Å². The topological polar surface area (TPSA) is 0 Å². The van der Waals surface area contributed by atoms with Crippen LogP contribution in [0, 0.1) is 0 Å². The summed E-state index contributed by atoms with van der Waals surface area (Å²) in [5.74, 6) is 0. The van der Waals surface area contributed by atoms with Gasteiger partial charge in [-0.2, -0.15) is 0 Å². The van der Waals surface area contributed by atoms with E-state index in [1.165, 1.54) is 24.0 Å². The average molecular weight is 244 g/mol. The summed E-state index contributed by atoms with van der Waals surface area (Å²) in [4.78, 5) is 0. The van der Waals surface area contributed by atoms with Crippen molar-refractivity contribution >= 4 is 8.07 Å². The molecule has 0 saturated heterocycles. The Morgan fingerprint density at radius 3 is 1.35 bits per heavy atom. The first-order valence-corrected chi connectivity index (χ1v) is 9.60. The highest BCUT2D eigenvalue weighted by Crippen LogP contribution is 2.41. The van der Waals surface area contributed by atoms with E-state index in [-0.39, 0.29) is 0 Å². The second-order valence-corrected chi connectivity index (χ2v) is 10.5. The van der Waals surface area contributed by atoms with E-state index in [0.29, 0.717) is 0 Å². The first-order chi connectivity index (χ1) is 7.85. The monoisotopic (exact) mass is 244 g/mol. The lowest BCUT2D eigenvalue weighted by Crippen LogP contribution is -2.32. The molecule has 0 bridgehead atoms. The molecule has 2 rings (SSSR count). The highest BCUT2D eigenvalue weighted by molar-refractivity contribution is 6.91. The van der Waals surface area contributed by atoms with Crippen molar-refractivity contribution in [2.45, 2.75) is 53.6 Å². The summed E-state index contributed by atoms with van der Waals surface area (Å²) in [6, 6.07) is 0.